The molecule has 0 amide bonds. The normalized spacial score (nSPS) is 12.8. The molecule has 0 saturated carbocycles. The van der Waals surface area contributed by atoms with Crippen molar-refractivity contribution < 1.29 is 19.8 Å². The molecular weight excluding hydrogens is 204 g/mol. The first-order chi connectivity index (χ1) is 6.45. The summed E-state index contributed by atoms with van der Waals surface area (Å²) < 4.78 is 0. The lowest BCUT2D eigenvalue weighted by atomic mass is 10.1. The fourth-order valence-corrected chi connectivity index (χ4v) is 2.08. The van der Waals surface area contributed by atoms with Gasteiger partial charge in [-0.15, -0.1) is 11.8 Å². The van der Waals surface area contributed by atoms with Crippen molar-refractivity contribution in [2.75, 3.05) is 5.75 Å². The molecule has 0 aromatic carbocycles. The largest absolute Gasteiger partial charge is 0.481 e. The lowest BCUT2D eigenvalue weighted by Gasteiger charge is -2.14. The van der Waals surface area contributed by atoms with Crippen LogP contribution < -0.4 is 0 Å². The molecular formula is C9H16O4S. The van der Waals surface area contributed by atoms with Gasteiger partial charge in [0.2, 0.25) is 0 Å². The molecule has 0 saturated heterocycles. The molecule has 0 aromatic heterocycles. The van der Waals surface area contributed by atoms with Crippen LogP contribution in [-0.2, 0) is 9.59 Å². The fourth-order valence-electron chi connectivity index (χ4n) is 0.983. The van der Waals surface area contributed by atoms with Crippen molar-refractivity contribution in [3.8, 4) is 0 Å². The van der Waals surface area contributed by atoms with Gasteiger partial charge in [0, 0.05) is 6.42 Å². The highest BCUT2D eigenvalue weighted by molar-refractivity contribution is 8.00. The smallest absolute Gasteiger partial charge is 0.316 e. The van der Waals surface area contributed by atoms with Gasteiger partial charge < -0.3 is 10.2 Å². The van der Waals surface area contributed by atoms with Crippen LogP contribution in [0.5, 0.6) is 0 Å². The summed E-state index contributed by atoms with van der Waals surface area (Å²) in [4.78, 5) is 20.9. The maximum Gasteiger partial charge on any atom is 0.316 e. The highest BCUT2D eigenvalue weighted by Gasteiger charge is 2.21. The first-order valence-electron chi connectivity index (χ1n) is 4.51. The molecule has 0 rings (SSSR count). The van der Waals surface area contributed by atoms with Crippen molar-refractivity contribution in [3.05, 3.63) is 0 Å². The monoisotopic (exact) mass is 220 g/mol. The molecule has 0 heterocycles. The van der Waals surface area contributed by atoms with E-state index >= 15 is 0 Å². The average molecular weight is 220 g/mol. The van der Waals surface area contributed by atoms with E-state index < -0.39 is 17.2 Å². The van der Waals surface area contributed by atoms with Crippen LogP contribution in [0.2, 0.25) is 0 Å². The van der Waals surface area contributed by atoms with Gasteiger partial charge in [0.1, 0.15) is 5.25 Å². The van der Waals surface area contributed by atoms with Crippen LogP contribution in [0.4, 0.5) is 0 Å². The third-order valence-electron chi connectivity index (χ3n) is 1.68. The van der Waals surface area contributed by atoms with E-state index in [0.29, 0.717) is 12.2 Å². The third-order valence-corrected chi connectivity index (χ3v) is 3.31. The summed E-state index contributed by atoms with van der Waals surface area (Å²) in [6.07, 6.45) is 0.633. The molecule has 4 nitrogen and oxygen atoms in total. The van der Waals surface area contributed by atoms with Gasteiger partial charge in [0.15, 0.2) is 0 Å². The Hall–Kier alpha value is -0.710. The Morgan fingerprint density at radius 2 is 1.86 bits per heavy atom. The van der Waals surface area contributed by atoms with E-state index in [0.717, 1.165) is 0 Å². The number of carbonyl (C=O) groups is 2. The van der Waals surface area contributed by atoms with Gasteiger partial charge >= 0.3 is 11.9 Å². The van der Waals surface area contributed by atoms with E-state index in [2.05, 4.69) is 0 Å². The van der Waals surface area contributed by atoms with E-state index in [1.165, 1.54) is 11.8 Å². The van der Waals surface area contributed by atoms with Crippen LogP contribution in [0.1, 0.15) is 26.7 Å². The Morgan fingerprint density at radius 3 is 2.21 bits per heavy atom. The maximum absolute atomic E-state index is 10.7. The predicted octanol–water partition coefficient (Wildman–Crippen LogP) is 1.69. The van der Waals surface area contributed by atoms with E-state index in [1.807, 2.05) is 13.8 Å². The van der Waals surface area contributed by atoms with Gasteiger partial charge in [0.25, 0.3) is 0 Å². The third kappa shape index (κ3) is 5.85. The molecule has 2 N–H and O–H groups in total. The number of thioether (sulfide) groups is 1. The lowest BCUT2D eigenvalue weighted by Crippen LogP contribution is -2.23. The summed E-state index contributed by atoms with van der Waals surface area (Å²) in [6, 6.07) is 0. The molecule has 5 heteroatoms. The summed E-state index contributed by atoms with van der Waals surface area (Å²) in [5.74, 6) is -0.994. The molecule has 0 spiro atoms. The van der Waals surface area contributed by atoms with Gasteiger partial charge in [-0.2, -0.15) is 0 Å². The molecule has 0 aliphatic heterocycles. The van der Waals surface area contributed by atoms with Crippen LogP contribution in [0, 0.1) is 5.92 Å². The number of rotatable bonds is 7. The molecule has 1 unspecified atom stereocenters. The van der Waals surface area contributed by atoms with Crippen molar-refractivity contribution in [1.29, 1.82) is 0 Å². The molecule has 0 radical (unpaired) electrons. The summed E-state index contributed by atoms with van der Waals surface area (Å²) >= 11 is 1.32. The molecule has 0 aromatic rings. The molecule has 0 fully saturated rings. The molecule has 1 atom stereocenters. The Morgan fingerprint density at radius 1 is 1.29 bits per heavy atom. The average Bonchev–Trinajstić information content (AvgIpc) is 2.01. The second-order valence-electron chi connectivity index (χ2n) is 3.37. The van der Waals surface area contributed by atoms with Gasteiger partial charge in [-0.1, -0.05) is 13.8 Å². The highest BCUT2D eigenvalue weighted by Crippen LogP contribution is 2.20. The number of aliphatic carboxylic acids is 2. The van der Waals surface area contributed by atoms with E-state index in [-0.39, 0.29) is 12.3 Å². The van der Waals surface area contributed by atoms with E-state index in [9.17, 15) is 9.59 Å². The van der Waals surface area contributed by atoms with Crippen LogP contribution >= 0.6 is 11.8 Å². The lowest BCUT2D eigenvalue weighted by molar-refractivity contribution is -0.137. The van der Waals surface area contributed by atoms with Crippen molar-refractivity contribution in [2.24, 2.45) is 5.92 Å². The fraction of sp³-hybridized carbons (Fsp3) is 0.778. The zero-order valence-electron chi connectivity index (χ0n) is 8.40. The van der Waals surface area contributed by atoms with Crippen LogP contribution in [0.3, 0.4) is 0 Å². The quantitative estimate of drug-likeness (QED) is 0.639. The minimum Gasteiger partial charge on any atom is -0.481 e. The second kappa shape index (κ2) is 6.70. The number of hydrogen-bond donors (Lipinski definition) is 2. The van der Waals surface area contributed by atoms with Crippen molar-refractivity contribution in [2.45, 2.75) is 31.9 Å². The number of carboxylic acids is 2. The second-order valence-corrected chi connectivity index (χ2v) is 4.62. The van der Waals surface area contributed by atoms with Crippen molar-refractivity contribution in [3.63, 3.8) is 0 Å². The maximum atomic E-state index is 10.7. The molecule has 0 bridgehead atoms. The summed E-state index contributed by atoms with van der Waals surface area (Å²) in [6.45, 7) is 3.70. The minimum absolute atomic E-state index is 0.0716. The molecule has 0 aliphatic rings. The first kappa shape index (κ1) is 13.3. The summed E-state index contributed by atoms with van der Waals surface area (Å²) in [5, 5.41) is 16.8. The SMILES string of the molecule is CC(C)C(SCCCC(=O)O)C(=O)O. The van der Waals surface area contributed by atoms with Crippen LogP contribution in [0.25, 0.3) is 0 Å². The zero-order chi connectivity index (χ0) is 11.1. The Balaban J connectivity index is 3.73. The minimum atomic E-state index is -0.831. The molecule has 0 aliphatic carbocycles. The Kier molecular flexibility index (Phi) is 6.36. The van der Waals surface area contributed by atoms with Gasteiger partial charge in [-0.05, 0) is 18.1 Å². The van der Waals surface area contributed by atoms with Crippen LogP contribution in [0.15, 0.2) is 0 Å². The standard InChI is InChI=1S/C9H16O4S/c1-6(2)8(9(12)13)14-5-3-4-7(10)11/h6,8H,3-5H2,1-2H3,(H,10,11)(H,12,13). The number of hydrogen-bond acceptors (Lipinski definition) is 3. The first-order valence-corrected chi connectivity index (χ1v) is 5.56. The van der Waals surface area contributed by atoms with E-state index in [4.69, 9.17) is 10.2 Å². The van der Waals surface area contributed by atoms with Gasteiger partial charge in [-0.25, -0.2) is 0 Å². The molecule has 14 heavy (non-hydrogen) atoms. The van der Waals surface area contributed by atoms with Gasteiger partial charge in [-0.3, -0.25) is 9.59 Å². The summed E-state index contributed by atoms with van der Waals surface area (Å²) in [5.41, 5.74) is 0. The molecule has 82 valence electrons. The van der Waals surface area contributed by atoms with Crippen molar-refractivity contribution in [1.82, 2.24) is 0 Å². The Labute approximate surface area is 87.7 Å². The summed E-state index contributed by atoms with van der Waals surface area (Å²) in [7, 11) is 0. The number of carboxylic acid groups (broad SMARTS) is 2. The Bertz CT molecular complexity index is 203. The topological polar surface area (TPSA) is 74.6 Å². The zero-order valence-corrected chi connectivity index (χ0v) is 9.21. The van der Waals surface area contributed by atoms with Crippen molar-refractivity contribution >= 4 is 23.7 Å². The van der Waals surface area contributed by atoms with Crippen LogP contribution in [-0.4, -0.2) is 33.2 Å². The van der Waals surface area contributed by atoms with Gasteiger partial charge in [0.05, 0.1) is 0 Å². The highest BCUT2D eigenvalue weighted by atomic mass is 32.2. The van der Waals surface area contributed by atoms with E-state index in [1.54, 1.807) is 0 Å². The predicted molar refractivity (Wildman–Crippen MR) is 55.6 cm³/mol.